The quantitative estimate of drug-likeness (QED) is 0.809. The predicted molar refractivity (Wildman–Crippen MR) is 94.5 cm³/mol. The zero-order valence-corrected chi connectivity index (χ0v) is 14.8. The summed E-state index contributed by atoms with van der Waals surface area (Å²) in [6.45, 7) is 2.66. The molecule has 3 rings (SSSR count). The van der Waals surface area contributed by atoms with Crippen molar-refractivity contribution >= 4 is 40.4 Å². The van der Waals surface area contributed by atoms with Crippen LogP contribution in [0.2, 0.25) is 10.2 Å². The molecule has 1 amide bonds. The minimum atomic E-state index is -0.293. The van der Waals surface area contributed by atoms with Crippen LogP contribution in [0.4, 0.5) is 0 Å². The van der Waals surface area contributed by atoms with Crippen molar-refractivity contribution in [3.05, 3.63) is 50.4 Å². The van der Waals surface area contributed by atoms with E-state index >= 15 is 0 Å². The molecule has 2 aromatic rings. The van der Waals surface area contributed by atoms with Gasteiger partial charge in [0, 0.05) is 11.4 Å². The lowest BCUT2D eigenvalue weighted by atomic mass is 10.2. The number of rotatable bonds is 5. The number of carbonyl (C=O) groups is 1. The van der Waals surface area contributed by atoms with Crippen molar-refractivity contribution in [3.8, 4) is 0 Å². The zero-order chi connectivity index (χ0) is 16.2. The number of likely N-dealkylation sites (tertiary alicyclic amines) is 1. The molecule has 1 aliphatic rings. The van der Waals surface area contributed by atoms with E-state index in [-0.39, 0.29) is 22.8 Å². The van der Waals surface area contributed by atoms with Crippen molar-refractivity contribution in [3.63, 3.8) is 0 Å². The third kappa shape index (κ3) is 4.04. The fourth-order valence-corrected chi connectivity index (χ4v) is 3.99. The lowest BCUT2D eigenvalue weighted by Gasteiger charge is -2.26. The Morgan fingerprint density at radius 2 is 2.09 bits per heavy atom. The highest BCUT2D eigenvalue weighted by molar-refractivity contribution is 7.10. The second kappa shape index (κ2) is 7.62. The van der Waals surface area contributed by atoms with Crippen LogP contribution in [0.3, 0.4) is 0 Å². The molecule has 1 aliphatic heterocycles. The van der Waals surface area contributed by atoms with Crippen LogP contribution in [0.15, 0.2) is 29.6 Å². The third-order valence-electron chi connectivity index (χ3n) is 3.94. The Bertz CT molecular complexity index is 672. The molecule has 0 spiro atoms. The molecule has 0 saturated carbocycles. The number of hydrogen-bond donors (Lipinski definition) is 1. The maximum Gasteiger partial charge on any atom is 0.271 e. The second-order valence-electron chi connectivity index (χ2n) is 5.45. The van der Waals surface area contributed by atoms with Crippen molar-refractivity contribution in [1.29, 1.82) is 0 Å². The molecule has 0 bridgehead atoms. The number of nitrogens with zero attached hydrogens (tertiary/aromatic N) is 2. The Hall–Kier alpha value is -1.14. The standard InChI is InChI=1S/C16H17Cl2N3OS/c17-11-5-6-14(18)20-15(11)16(22)19-10-12(13-4-3-9-23-13)21-7-1-2-8-21/h3-6,9,12H,1-2,7-8,10H2,(H,19,22)/t12-/m0/s1. The molecule has 2 aromatic heterocycles. The maximum atomic E-state index is 12.4. The monoisotopic (exact) mass is 369 g/mol. The Kier molecular flexibility index (Phi) is 5.54. The molecule has 122 valence electrons. The molecule has 3 heterocycles. The highest BCUT2D eigenvalue weighted by atomic mass is 35.5. The smallest absolute Gasteiger partial charge is 0.271 e. The summed E-state index contributed by atoms with van der Waals surface area (Å²) in [5.41, 5.74) is 0.172. The summed E-state index contributed by atoms with van der Waals surface area (Å²) in [5.74, 6) is -0.293. The van der Waals surface area contributed by atoms with Crippen LogP contribution in [-0.2, 0) is 0 Å². The van der Waals surface area contributed by atoms with E-state index in [2.05, 4.69) is 26.6 Å². The molecular formula is C16H17Cl2N3OS. The molecule has 0 unspecified atom stereocenters. The minimum absolute atomic E-state index is 0.172. The van der Waals surface area contributed by atoms with Gasteiger partial charge in [-0.15, -0.1) is 11.3 Å². The lowest BCUT2D eigenvalue weighted by molar-refractivity contribution is 0.0933. The SMILES string of the molecule is O=C(NC[C@@H](c1cccs1)N1CCCC1)c1nc(Cl)ccc1Cl. The Balaban J connectivity index is 1.71. The number of thiophene rings is 1. The first-order valence-corrected chi connectivity index (χ1v) is 9.16. The summed E-state index contributed by atoms with van der Waals surface area (Å²) < 4.78 is 0. The van der Waals surface area contributed by atoms with Crippen molar-refractivity contribution < 1.29 is 4.79 Å². The Morgan fingerprint density at radius 3 is 2.78 bits per heavy atom. The molecule has 7 heteroatoms. The summed E-state index contributed by atoms with van der Waals surface area (Å²) in [4.78, 5) is 20.1. The first-order chi connectivity index (χ1) is 11.1. The molecule has 4 nitrogen and oxygen atoms in total. The van der Waals surface area contributed by atoms with Crippen LogP contribution < -0.4 is 5.32 Å². The van der Waals surface area contributed by atoms with Gasteiger partial charge in [-0.25, -0.2) is 4.98 Å². The zero-order valence-electron chi connectivity index (χ0n) is 12.5. The summed E-state index contributed by atoms with van der Waals surface area (Å²) in [7, 11) is 0. The highest BCUT2D eigenvalue weighted by Gasteiger charge is 2.25. The molecule has 1 N–H and O–H groups in total. The van der Waals surface area contributed by atoms with Crippen LogP contribution in [0.25, 0.3) is 0 Å². The van der Waals surface area contributed by atoms with E-state index in [0.717, 1.165) is 13.1 Å². The number of pyridine rings is 1. The van der Waals surface area contributed by atoms with Gasteiger partial charge in [-0.05, 0) is 49.5 Å². The summed E-state index contributed by atoms with van der Waals surface area (Å²) in [5, 5.41) is 5.58. The van der Waals surface area contributed by atoms with Gasteiger partial charge in [0.05, 0.1) is 11.1 Å². The van der Waals surface area contributed by atoms with Crippen molar-refractivity contribution in [2.45, 2.75) is 18.9 Å². The Morgan fingerprint density at radius 1 is 1.30 bits per heavy atom. The van der Waals surface area contributed by atoms with Crippen molar-refractivity contribution in [2.75, 3.05) is 19.6 Å². The number of aromatic nitrogens is 1. The normalized spacial score (nSPS) is 16.4. The molecule has 1 fully saturated rings. The molecule has 0 aromatic carbocycles. The average Bonchev–Trinajstić information content (AvgIpc) is 3.23. The highest BCUT2D eigenvalue weighted by Crippen LogP contribution is 2.28. The molecule has 0 radical (unpaired) electrons. The van der Waals surface area contributed by atoms with Gasteiger partial charge in [-0.3, -0.25) is 9.69 Å². The fraction of sp³-hybridized carbons (Fsp3) is 0.375. The second-order valence-corrected chi connectivity index (χ2v) is 7.22. The van der Waals surface area contributed by atoms with Crippen LogP contribution >= 0.6 is 34.5 Å². The van der Waals surface area contributed by atoms with Crippen LogP contribution in [-0.4, -0.2) is 35.4 Å². The van der Waals surface area contributed by atoms with Gasteiger partial charge in [-0.1, -0.05) is 29.3 Å². The van der Waals surface area contributed by atoms with Gasteiger partial charge < -0.3 is 5.32 Å². The van der Waals surface area contributed by atoms with E-state index in [1.54, 1.807) is 23.5 Å². The average molecular weight is 370 g/mol. The van der Waals surface area contributed by atoms with Crippen LogP contribution in [0.5, 0.6) is 0 Å². The number of halogens is 2. The van der Waals surface area contributed by atoms with E-state index in [1.165, 1.54) is 17.7 Å². The summed E-state index contributed by atoms with van der Waals surface area (Å²) >= 11 is 13.6. The van der Waals surface area contributed by atoms with Gasteiger partial charge in [0.1, 0.15) is 10.8 Å². The number of hydrogen-bond acceptors (Lipinski definition) is 4. The molecule has 1 atom stereocenters. The van der Waals surface area contributed by atoms with Gasteiger partial charge >= 0.3 is 0 Å². The topological polar surface area (TPSA) is 45.2 Å². The van der Waals surface area contributed by atoms with Crippen molar-refractivity contribution in [2.24, 2.45) is 0 Å². The molecular weight excluding hydrogens is 353 g/mol. The van der Waals surface area contributed by atoms with Crippen LogP contribution in [0.1, 0.15) is 34.2 Å². The third-order valence-corrected chi connectivity index (χ3v) is 5.43. The Labute approximate surface area is 149 Å². The fourth-order valence-electron chi connectivity index (χ4n) is 2.79. The molecule has 0 aliphatic carbocycles. The number of nitrogens with one attached hydrogen (secondary N) is 1. The first kappa shape index (κ1) is 16.7. The first-order valence-electron chi connectivity index (χ1n) is 7.53. The molecule has 23 heavy (non-hydrogen) atoms. The van der Waals surface area contributed by atoms with E-state index in [1.807, 2.05) is 6.07 Å². The summed E-state index contributed by atoms with van der Waals surface area (Å²) in [6, 6.07) is 7.51. The van der Waals surface area contributed by atoms with Crippen LogP contribution in [0, 0.1) is 0 Å². The molecule has 1 saturated heterocycles. The lowest BCUT2D eigenvalue weighted by Crippen LogP contribution is -2.36. The van der Waals surface area contributed by atoms with E-state index in [0.29, 0.717) is 11.6 Å². The van der Waals surface area contributed by atoms with Gasteiger partial charge in [0.25, 0.3) is 5.91 Å². The van der Waals surface area contributed by atoms with Gasteiger partial charge in [0.15, 0.2) is 0 Å². The number of amides is 1. The summed E-state index contributed by atoms with van der Waals surface area (Å²) in [6.07, 6.45) is 2.41. The van der Waals surface area contributed by atoms with E-state index < -0.39 is 0 Å². The van der Waals surface area contributed by atoms with Gasteiger partial charge in [0.2, 0.25) is 0 Å². The maximum absolute atomic E-state index is 12.4. The van der Waals surface area contributed by atoms with Crippen molar-refractivity contribution in [1.82, 2.24) is 15.2 Å². The van der Waals surface area contributed by atoms with E-state index in [9.17, 15) is 4.79 Å². The minimum Gasteiger partial charge on any atom is -0.349 e. The predicted octanol–water partition coefficient (Wildman–Crippen LogP) is 4.02. The van der Waals surface area contributed by atoms with E-state index in [4.69, 9.17) is 23.2 Å². The number of carbonyl (C=O) groups excluding carboxylic acids is 1. The largest absolute Gasteiger partial charge is 0.349 e. The van der Waals surface area contributed by atoms with Gasteiger partial charge in [-0.2, -0.15) is 0 Å².